The largest absolute Gasteiger partial charge is 0.464 e. The molecule has 92 valence electrons. The molecule has 17 heavy (non-hydrogen) atoms. The van der Waals surface area contributed by atoms with Crippen LogP contribution in [0.15, 0.2) is 17.8 Å². The second-order valence-electron chi connectivity index (χ2n) is 3.82. The highest BCUT2D eigenvalue weighted by molar-refractivity contribution is 5.86. The number of aromatic nitrogens is 3. The molecule has 0 spiro atoms. The molecular formula is C10H13N3O4. The summed E-state index contributed by atoms with van der Waals surface area (Å²) in [5, 5.41) is 26.2. The molecule has 0 fully saturated rings. The van der Waals surface area contributed by atoms with E-state index in [2.05, 4.69) is 15.0 Å². The molecule has 1 aromatic rings. The zero-order chi connectivity index (χ0) is 12.4. The van der Waals surface area contributed by atoms with Gasteiger partial charge < -0.3 is 14.9 Å². The first-order chi connectivity index (χ1) is 8.15. The van der Waals surface area contributed by atoms with Gasteiger partial charge in [0.05, 0.1) is 32.1 Å². The van der Waals surface area contributed by atoms with Crippen molar-refractivity contribution in [2.45, 2.75) is 18.6 Å². The normalized spacial score (nSPS) is 23.6. The van der Waals surface area contributed by atoms with E-state index in [1.165, 1.54) is 18.0 Å². The molecule has 1 aromatic heterocycles. The van der Waals surface area contributed by atoms with Crippen molar-refractivity contribution in [2.75, 3.05) is 13.7 Å². The number of esters is 1. The van der Waals surface area contributed by atoms with E-state index in [1.54, 1.807) is 6.08 Å². The van der Waals surface area contributed by atoms with E-state index in [4.69, 9.17) is 5.11 Å². The van der Waals surface area contributed by atoms with E-state index in [0.717, 1.165) is 5.57 Å². The molecule has 2 N–H and O–H groups in total. The predicted molar refractivity (Wildman–Crippen MR) is 56.2 cm³/mol. The summed E-state index contributed by atoms with van der Waals surface area (Å²) in [6, 6.07) is -0.400. The lowest BCUT2D eigenvalue weighted by atomic mass is 10.2. The summed E-state index contributed by atoms with van der Waals surface area (Å²) in [4.78, 5) is 11.2. The van der Waals surface area contributed by atoms with Crippen LogP contribution in [-0.2, 0) is 4.74 Å². The van der Waals surface area contributed by atoms with E-state index < -0.39 is 18.1 Å². The number of aliphatic hydroxyl groups is 2. The summed E-state index contributed by atoms with van der Waals surface area (Å²) in [5.41, 5.74) is 0.836. The van der Waals surface area contributed by atoms with Crippen molar-refractivity contribution in [3.8, 4) is 0 Å². The number of aliphatic hydroxyl groups excluding tert-OH is 2. The van der Waals surface area contributed by atoms with E-state index in [1.807, 2.05) is 0 Å². The van der Waals surface area contributed by atoms with Crippen LogP contribution in [0.3, 0.4) is 0 Å². The number of nitrogens with zero attached hydrogens (tertiary/aromatic N) is 3. The fraction of sp³-hybridized carbons (Fsp3) is 0.500. The maximum absolute atomic E-state index is 11.2. The number of carbonyl (C=O) groups is 1. The average molecular weight is 239 g/mol. The van der Waals surface area contributed by atoms with Crippen LogP contribution in [0.4, 0.5) is 0 Å². The molecule has 0 radical (unpaired) electrons. The number of hydrogen-bond donors (Lipinski definition) is 2. The first kappa shape index (κ1) is 11.7. The monoisotopic (exact) mass is 239 g/mol. The molecule has 0 aliphatic heterocycles. The van der Waals surface area contributed by atoms with Crippen LogP contribution in [0, 0.1) is 0 Å². The van der Waals surface area contributed by atoms with Crippen molar-refractivity contribution in [3.05, 3.63) is 23.5 Å². The molecule has 0 bridgehead atoms. The Labute approximate surface area is 97.3 Å². The van der Waals surface area contributed by atoms with Crippen molar-refractivity contribution in [1.82, 2.24) is 15.0 Å². The summed E-state index contributed by atoms with van der Waals surface area (Å²) in [7, 11) is 1.26. The third-order valence-corrected chi connectivity index (χ3v) is 2.69. The van der Waals surface area contributed by atoms with Crippen LogP contribution < -0.4 is 0 Å². The molecule has 7 nitrogen and oxygen atoms in total. The van der Waals surface area contributed by atoms with Gasteiger partial charge in [0.2, 0.25) is 0 Å². The van der Waals surface area contributed by atoms with Crippen LogP contribution in [0.1, 0.15) is 23.0 Å². The minimum atomic E-state index is -0.663. The van der Waals surface area contributed by atoms with Crippen LogP contribution in [0.2, 0.25) is 0 Å². The Bertz CT molecular complexity index is 454. The van der Waals surface area contributed by atoms with E-state index in [-0.39, 0.29) is 12.3 Å². The first-order valence-corrected chi connectivity index (χ1v) is 5.14. The Morgan fingerprint density at radius 1 is 1.71 bits per heavy atom. The average Bonchev–Trinajstić information content (AvgIpc) is 2.94. The molecule has 0 unspecified atom stereocenters. The van der Waals surface area contributed by atoms with Gasteiger partial charge in [-0.1, -0.05) is 11.3 Å². The minimum Gasteiger partial charge on any atom is -0.464 e. The number of hydrogen-bond acceptors (Lipinski definition) is 6. The number of carbonyl (C=O) groups excluding carboxylic acids is 1. The second-order valence-corrected chi connectivity index (χ2v) is 3.82. The van der Waals surface area contributed by atoms with Gasteiger partial charge in [0.1, 0.15) is 0 Å². The third kappa shape index (κ3) is 2.20. The van der Waals surface area contributed by atoms with Gasteiger partial charge in [0.25, 0.3) is 0 Å². The Kier molecular flexibility index (Phi) is 3.21. The van der Waals surface area contributed by atoms with Crippen LogP contribution in [-0.4, -0.2) is 51.0 Å². The fourth-order valence-electron chi connectivity index (χ4n) is 1.80. The zero-order valence-corrected chi connectivity index (χ0v) is 9.28. The standard InChI is InChI=1S/C10H13N3O4/c1-17-10(16)7-4-13(12-11-7)8-2-6(5-14)3-9(8)15/h2,4,8-9,14-15H,3,5H2,1H3/t8-,9+/m1/s1. The van der Waals surface area contributed by atoms with Gasteiger partial charge in [0, 0.05) is 0 Å². The van der Waals surface area contributed by atoms with Crippen molar-refractivity contribution >= 4 is 5.97 Å². The van der Waals surface area contributed by atoms with Crippen LogP contribution in [0.25, 0.3) is 0 Å². The van der Waals surface area contributed by atoms with Crippen LogP contribution >= 0.6 is 0 Å². The summed E-state index contributed by atoms with van der Waals surface area (Å²) >= 11 is 0. The van der Waals surface area contributed by atoms with Gasteiger partial charge in [-0.15, -0.1) is 5.10 Å². The lowest BCUT2D eigenvalue weighted by Crippen LogP contribution is -2.19. The lowest BCUT2D eigenvalue weighted by molar-refractivity contribution is 0.0593. The number of ether oxygens (including phenoxy) is 1. The lowest BCUT2D eigenvalue weighted by Gasteiger charge is -2.12. The quantitative estimate of drug-likeness (QED) is 0.534. The first-order valence-electron chi connectivity index (χ1n) is 5.14. The highest BCUT2D eigenvalue weighted by atomic mass is 16.5. The molecule has 1 heterocycles. The Balaban J connectivity index is 2.20. The zero-order valence-electron chi connectivity index (χ0n) is 9.28. The molecule has 1 aliphatic carbocycles. The van der Waals surface area contributed by atoms with Gasteiger partial charge in [-0.2, -0.15) is 0 Å². The minimum absolute atomic E-state index is 0.0885. The molecule has 1 aliphatic rings. The Morgan fingerprint density at radius 2 is 2.47 bits per heavy atom. The molecule has 0 amide bonds. The Morgan fingerprint density at radius 3 is 3.06 bits per heavy atom. The van der Waals surface area contributed by atoms with Crippen LogP contribution in [0.5, 0.6) is 0 Å². The molecule has 2 rings (SSSR count). The molecule has 7 heteroatoms. The van der Waals surface area contributed by atoms with Gasteiger partial charge in [-0.3, -0.25) is 0 Å². The van der Waals surface area contributed by atoms with Crippen molar-refractivity contribution in [3.63, 3.8) is 0 Å². The summed E-state index contributed by atoms with van der Waals surface area (Å²) in [5.74, 6) is -0.574. The third-order valence-electron chi connectivity index (χ3n) is 2.69. The van der Waals surface area contributed by atoms with E-state index in [0.29, 0.717) is 6.42 Å². The van der Waals surface area contributed by atoms with Crippen molar-refractivity contribution in [1.29, 1.82) is 0 Å². The van der Waals surface area contributed by atoms with E-state index >= 15 is 0 Å². The van der Waals surface area contributed by atoms with Crippen molar-refractivity contribution < 1.29 is 19.7 Å². The molecule has 0 saturated carbocycles. The molecular weight excluding hydrogens is 226 g/mol. The Hall–Kier alpha value is -1.73. The van der Waals surface area contributed by atoms with Gasteiger partial charge >= 0.3 is 5.97 Å². The highest BCUT2D eigenvalue weighted by Gasteiger charge is 2.28. The number of rotatable bonds is 3. The van der Waals surface area contributed by atoms with Gasteiger partial charge in [0.15, 0.2) is 5.69 Å². The molecule has 0 aromatic carbocycles. The second kappa shape index (κ2) is 4.64. The summed E-state index contributed by atoms with van der Waals surface area (Å²) in [6.07, 6.45) is 2.87. The van der Waals surface area contributed by atoms with Gasteiger partial charge in [-0.05, 0) is 12.0 Å². The predicted octanol–water partition coefficient (Wildman–Crippen LogP) is -0.711. The summed E-state index contributed by atoms with van der Waals surface area (Å²) < 4.78 is 5.90. The smallest absolute Gasteiger partial charge is 0.360 e. The fourth-order valence-corrected chi connectivity index (χ4v) is 1.80. The molecule has 2 atom stereocenters. The van der Waals surface area contributed by atoms with Gasteiger partial charge in [-0.25, -0.2) is 9.48 Å². The topological polar surface area (TPSA) is 97.5 Å². The maximum atomic E-state index is 11.2. The van der Waals surface area contributed by atoms with E-state index in [9.17, 15) is 9.90 Å². The molecule has 0 saturated heterocycles. The number of methoxy groups -OCH3 is 1. The maximum Gasteiger partial charge on any atom is 0.360 e. The van der Waals surface area contributed by atoms with Crippen molar-refractivity contribution in [2.24, 2.45) is 0 Å². The highest BCUT2D eigenvalue weighted by Crippen LogP contribution is 2.27. The summed E-state index contributed by atoms with van der Waals surface area (Å²) in [6.45, 7) is -0.0912. The SMILES string of the molecule is COC(=O)c1cn([C@@H]2C=C(CO)C[C@@H]2O)nn1.